The molecule has 0 atom stereocenters. The Kier molecular flexibility index (Phi) is 6.40. The first kappa shape index (κ1) is 20.8. The molecule has 2 aromatic carbocycles. The molecule has 31 heavy (non-hydrogen) atoms. The van der Waals surface area contributed by atoms with Gasteiger partial charge in [0.1, 0.15) is 0 Å². The Hall–Kier alpha value is -3.49. The minimum absolute atomic E-state index is 0.716. The lowest BCUT2D eigenvalue weighted by Crippen LogP contribution is -1.92. The molecule has 0 aliphatic rings. The predicted octanol–water partition coefficient (Wildman–Crippen LogP) is 7.81. The van der Waals surface area contributed by atoms with Gasteiger partial charge in [0.25, 0.3) is 0 Å². The van der Waals surface area contributed by atoms with Crippen molar-refractivity contribution in [2.75, 3.05) is 0 Å². The van der Waals surface area contributed by atoms with Crippen LogP contribution in [0.15, 0.2) is 97.1 Å². The molecule has 0 aliphatic carbocycles. The van der Waals surface area contributed by atoms with Crippen LogP contribution in [0.4, 0.5) is 0 Å². The first-order valence-corrected chi connectivity index (χ1v) is 10.6. The number of hydrogen-bond acceptors (Lipinski definition) is 2. The predicted molar refractivity (Wildman–Crippen MR) is 132 cm³/mol. The van der Waals surface area contributed by atoms with E-state index in [0.717, 1.165) is 33.4 Å². The van der Waals surface area contributed by atoms with Crippen molar-refractivity contribution in [1.29, 1.82) is 0 Å². The zero-order chi connectivity index (χ0) is 21.6. The maximum atomic E-state index is 6.48. The van der Waals surface area contributed by atoms with Crippen LogP contribution < -0.4 is 0 Å². The van der Waals surface area contributed by atoms with Gasteiger partial charge in [-0.25, -0.2) is 0 Å². The Balaban J connectivity index is 1.62. The molecule has 2 nitrogen and oxygen atoms in total. The van der Waals surface area contributed by atoms with Gasteiger partial charge in [0.15, 0.2) is 0 Å². The van der Waals surface area contributed by atoms with Crippen molar-refractivity contribution in [3.05, 3.63) is 124 Å². The summed E-state index contributed by atoms with van der Waals surface area (Å²) in [6.07, 6.45) is 11.5. The van der Waals surface area contributed by atoms with Gasteiger partial charge in [-0.1, -0.05) is 59.7 Å². The van der Waals surface area contributed by atoms with E-state index in [9.17, 15) is 0 Å². The molecular weight excluding hydrogens is 400 g/mol. The number of rotatable bonds is 5. The van der Waals surface area contributed by atoms with E-state index in [2.05, 4.69) is 72.4 Å². The number of hydrogen-bond donors (Lipinski definition) is 0. The van der Waals surface area contributed by atoms with Gasteiger partial charge in [-0.3, -0.25) is 9.97 Å². The number of aromatic nitrogens is 2. The van der Waals surface area contributed by atoms with E-state index in [1.165, 1.54) is 11.1 Å². The highest BCUT2D eigenvalue weighted by atomic mass is 35.5. The summed E-state index contributed by atoms with van der Waals surface area (Å²) in [6.45, 7) is 4.23. The van der Waals surface area contributed by atoms with Crippen LogP contribution >= 0.6 is 11.6 Å². The lowest BCUT2D eigenvalue weighted by atomic mass is 9.94. The normalized spacial score (nSPS) is 10.9. The van der Waals surface area contributed by atoms with E-state index in [4.69, 9.17) is 11.6 Å². The van der Waals surface area contributed by atoms with Crippen LogP contribution in [-0.4, -0.2) is 9.97 Å². The summed E-state index contributed by atoms with van der Waals surface area (Å²) < 4.78 is 0. The molecule has 152 valence electrons. The van der Waals surface area contributed by atoms with Gasteiger partial charge in [0, 0.05) is 35.4 Å². The zero-order valence-corrected chi connectivity index (χ0v) is 18.3. The van der Waals surface area contributed by atoms with Crippen LogP contribution in [-0.2, 0) is 0 Å². The van der Waals surface area contributed by atoms with Crippen LogP contribution in [0, 0.1) is 0 Å². The van der Waals surface area contributed by atoms with E-state index < -0.39 is 0 Å². The van der Waals surface area contributed by atoms with Crippen molar-refractivity contribution in [3.8, 4) is 11.1 Å². The van der Waals surface area contributed by atoms with Crippen molar-refractivity contribution in [1.82, 2.24) is 9.97 Å². The molecule has 0 amide bonds. The summed E-state index contributed by atoms with van der Waals surface area (Å²) in [5.74, 6) is 0. The molecule has 2 aromatic heterocycles. The monoisotopic (exact) mass is 422 g/mol. The van der Waals surface area contributed by atoms with Gasteiger partial charge in [0.05, 0.1) is 0 Å². The first-order chi connectivity index (χ1) is 15.1. The number of allylic oxidation sites excluding steroid dienone is 1. The van der Waals surface area contributed by atoms with Crippen molar-refractivity contribution in [2.45, 2.75) is 13.8 Å². The van der Waals surface area contributed by atoms with Crippen LogP contribution in [0.1, 0.15) is 36.1 Å². The standard InChI is InChI=1S/C28H23ClN2/c1-20(2)28(25-4-3-13-31-19-25)26-16-22(17-27(29)18-26)6-5-21-7-9-23(10-8-21)24-11-14-30-15-12-24/h3-19H,1-2H3/b6-5+. The minimum atomic E-state index is 0.716. The van der Waals surface area contributed by atoms with Crippen LogP contribution in [0.2, 0.25) is 5.02 Å². The first-order valence-electron chi connectivity index (χ1n) is 10.2. The molecule has 0 unspecified atom stereocenters. The molecule has 0 saturated heterocycles. The number of benzene rings is 2. The van der Waals surface area contributed by atoms with Crippen LogP contribution in [0.5, 0.6) is 0 Å². The summed E-state index contributed by atoms with van der Waals surface area (Å²) in [4.78, 5) is 8.36. The number of halogens is 1. The third-order valence-electron chi connectivity index (χ3n) is 5.05. The molecule has 0 fully saturated rings. The zero-order valence-electron chi connectivity index (χ0n) is 17.6. The van der Waals surface area contributed by atoms with E-state index >= 15 is 0 Å². The Morgan fingerprint density at radius 3 is 2.10 bits per heavy atom. The summed E-state index contributed by atoms with van der Waals surface area (Å²) in [5.41, 5.74) is 9.09. The van der Waals surface area contributed by atoms with Crippen molar-refractivity contribution in [2.24, 2.45) is 0 Å². The Labute approximate surface area is 188 Å². The molecule has 0 N–H and O–H groups in total. The van der Waals surface area contributed by atoms with Gasteiger partial charge in [-0.2, -0.15) is 0 Å². The molecule has 0 spiro atoms. The van der Waals surface area contributed by atoms with Gasteiger partial charge in [-0.15, -0.1) is 0 Å². The second-order valence-corrected chi connectivity index (χ2v) is 8.02. The Morgan fingerprint density at radius 2 is 1.42 bits per heavy atom. The fourth-order valence-corrected chi connectivity index (χ4v) is 3.87. The van der Waals surface area contributed by atoms with Crippen molar-refractivity contribution in [3.63, 3.8) is 0 Å². The largest absolute Gasteiger partial charge is 0.265 e. The summed E-state index contributed by atoms with van der Waals surface area (Å²) in [7, 11) is 0. The molecule has 0 saturated carbocycles. The highest BCUT2D eigenvalue weighted by molar-refractivity contribution is 6.31. The van der Waals surface area contributed by atoms with Crippen LogP contribution in [0.25, 0.3) is 28.9 Å². The van der Waals surface area contributed by atoms with Crippen LogP contribution in [0.3, 0.4) is 0 Å². The fraction of sp³-hybridized carbons (Fsp3) is 0.0714. The summed E-state index contributed by atoms with van der Waals surface area (Å²) in [5, 5.41) is 0.716. The molecule has 2 heterocycles. The molecule has 0 radical (unpaired) electrons. The van der Waals surface area contributed by atoms with Gasteiger partial charge in [-0.05, 0) is 83.6 Å². The smallest absolute Gasteiger partial charge is 0.0418 e. The molecule has 0 bridgehead atoms. The van der Waals surface area contributed by atoms with E-state index in [1.807, 2.05) is 48.9 Å². The van der Waals surface area contributed by atoms with Gasteiger partial charge >= 0.3 is 0 Å². The van der Waals surface area contributed by atoms with E-state index in [0.29, 0.717) is 5.02 Å². The van der Waals surface area contributed by atoms with E-state index in [-0.39, 0.29) is 0 Å². The number of pyridine rings is 2. The van der Waals surface area contributed by atoms with Gasteiger partial charge in [0.2, 0.25) is 0 Å². The molecule has 3 heteroatoms. The number of nitrogens with zero attached hydrogens (tertiary/aromatic N) is 2. The van der Waals surface area contributed by atoms with Crippen molar-refractivity contribution < 1.29 is 0 Å². The maximum absolute atomic E-state index is 6.48. The second-order valence-electron chi connectivity index (χ2n) is 7.58. The summed E-state index contributed by atoms with van der Waals surface area (Å²) >= 11 is 6.48. The van der Waals surface area contributed by atoms with E-state index in [1.54, 1.807) is 6.20 Å². The topological polar surface area (TPSA) is 25.8 Å². The Bertz CT molecular complexity index is 1220. The fourth-order valence-electron chi connectivity index (χ4n) is 3.63. The third-order valence-corrected chi connectivity index (χ3v) is 5.27. The molecular formula is C28H23ClN2. The quantitative estimate of drug-likeness (QED) is 0.306. The van der Waals surface area contributed by atoms with Gasteiger partial charge < -0.3 is 0 Å². The highest BCUT2D eigenvalue weighted by Crippen LogP contribution is 2.30. The second kappa shape index (κ2) is 9.55. The average molecular weight is 423 g/mol. The maximum Gasteiger partial charge on any atom is 0.0418 e. The minimum Gasteiger partial charge on any atom is -0.265 e. The molecule has 4 rings (SSSR count). The lowest BCUT2D eigenvalue weighted by molar-refractivity contribution is 1.29. The lowest BCUT2D eigenvalue weighted by Gasteiger charge is -2.12. The summed E-state index contributed by atoms with van der Waals surface area (Å²) in [6, 6.07) is 22.7. The highest BCUT2D eigenvalue weighted by Gasteiger charge is 2.09. The molecule has 0 aliphatic heterocycles. The molecule has 4 aromatic rings. The average Bonchev–Trinajstić information content (AvgIpc) is 2.79. The Morgan fingerprint density at radius 1 is 0.710 bits per heavy atom. The third kappa shape index (κ3) is 5.17. The SMILES string of the molecule is CC(C)=C(c1cccnc1)c1cc(Cl)cc(/C=C/c2ccc(-c3ccncc3)cc2)c1. The van der Waals surface area contributed by atoms with Crippen molar-refractivity contribution >= 4 is 29.3 Å².